The Morgan fingerprint density at radius 1 is 0.750 bits per heavy atom. The smallest absolute Gasteiger partial charge is 0.266 e. The lowest BCUT2D eigenvalue weighted by atomic mass is 10.2. The Morgan fingerprint density at radius 3 is 1.38 bits per heavy atom. The molecule has 1 aromatic rings. The lowest BCUT2D eigenvalue weighted by Crippen LogP contribution is -2.16. The van der Waals surface area contributed by atoms with Crippen LogP contribution in [-0.4, -0.2) is 30.0 Å². The summed E-state index contributed by atoms with van der Waals surface area (Å²) in [6, 6.07) is 5.32. The van der Waals surface area contributed by atoms with Crippen molar-refractivity contribution in [1.82, 2.24) is 0 Å². The molecule has 8 heteroatoms. The topological polar surface area (TPSA) is 86.7 Å². The van der Waals surface area contributed by atoms with E-state index in [-0.39, 0.29) is 25.0 Å². The molecule has 0 aliphatic rings. The van der Waals surface area contributed by atoms with E-state index in [0.717, 1.165) is 0 Å². The van der Waals surface area contributed by atoms with E-state index in [1.807, 2.05) is 27.7 Å². The standard InChI is InChI=1S/C16H26O6S2/c1-13(2)9-11-21-23(17,18)15-7-5-6-8-16(15)24(19,20)22-12-10-14(3)4/h5-8,13-14H,9-12H2,1-4H3. The van der Waals surface area contributed by atoms with Crippen molar-refractivity contribution >= 4 is 20.2 Å². The molecule has 0 bridgehead atoms. The maximum absolute atomic E-state index is 12.3. The van der Waals surface area contributed by atoms with Gasteiger partial charge in [-0.2, -0.15) is 16.8 Å². The van der Waals surface area contributed by atoms with Crippen molar-refractivity contribution in [3.05, 3.63) is 24.3 Å². The number of hydrogen-bond donors (Lipinski definition) is 0. The zero-order valence-electron chi connectivity index (χ0n) is 14.6. The molecular weight excluding hydrogens is 352 g/mol. The summed E-state index contributed by atoms with van der Waals surface area (Å²) in [6.07, 6.45) is 1.11. The maximum atomic E-state index is 12.3. The zero-order valence-corrected chi connectivity index (χ0v) is 16.2. The lowest BCUT2D eigenvalue weighted by Gasteiger charge is -2.12. The van der Waals surface area contributed by atoms with Crippen LogP contribution in [0.25, 0.3) is 0 Å². The van der Waals surface area contributed by atoms with Crippen LogP contribution >= 0.6 is 0 Å². The largest absolute Gasteiger partial charge is 0.298 e. The SMILES string of the molecule is CC(C)CCOS(=O)(=O)c1ccccc1S(=O)(=O)OCCC(C)C. The lowest BCUT2D eigenvalue weighted by molar-refractivity contribution is 0.285. The van der Waals surface area contributed by atoms with Crippen molar-refractivity contribution in [2.24, 2.45) is 11.8 Å². The van der Waals surface area contributed by atoms with Gasteiger partial charge in [-0.05, 0) is 36.8 Å². The first kappa shape index (κ1) is 21.1. The Kier molecular flexibility index (Phi) is 7.85. The van der Waals surface area contributed by atoms with Gasteiger partial charge in [0.05, 0.1) is 13.2 Å². The van der Waals surface area contributed by atoms with Crippen LogP contribution in [0.3, 0.4) is 0 Å². The van der Waals surface area contributed by atoms with Gasteiger partial charge in [0.25, 0.3) is 20.2 Å². The first-order valence-corrected chi connectivity index (χ1v) is 10.8. The molecule has 1 aromatic carbocycles. The molecule has 0 aromatic heterocycles. The van der Waals surface area contributed by atoms with Crippen molar-refractivity contribution in [2.75, 3.05) is 13.2 Å². The quantitative estimate of drug-likeness (QED) is 0.581. The predicted molar refractivity (Wildman–Crippen MR) is 91.6 cm³/mol. The third kappa shape index (κ3) is 6.51. The van der Waals surface area contributed by atoms with Gasteiger partial charge >= 0.3 is 0 Å². The molecule has 1 rings (SSSR count). The van der Waals surface area contributed by atoms with Gasteiger partial charge in [-0.3, -0.25) is 8.37 Å². The van der Waals surface area contributed by atoms with Crippen LogP contribution in [0, 0.1) is 11.8 Å². The second-order valence-electron chi connectivity index (χ2n) is 6.36. The summed E-state index contributed by atoms with van der Waals surface area (Å²) in [5.41, 5.74) is 0. The summed E-state index contributed by atoms with van der Waals surface area (Å²) in [5, 5.41) is 0. The average molecular weight is 379 g/mol. The van der Waals surface area contributed by atoms with Crippen molar-refractivity contribution in [3.8, 4) is 0 Å². The van der Waals surface area contributed by atoms with E-state index in [2.05, 4.69) is 0 Å². The fraction of sp³-hybridized carbons (Fsp3) is 0.625. The summed E-state index contributed by atoms with van der Waals surface area (Å²) in [6.45, 7) is 7.77. The summed E-state index contributed by atoms with van der Waals surface area (Å²) >= 11 is 0. The van der Waals surface area contributed by atoms with Crippen LogP contribution < -0.4 is 0 Å². The highest BCUT2D eigenvalue weighted by Crippen LogP contribution is 2.24. The van der Waals surface area contributed by atoms with Crippen molar-refractivity contribution in [1.29, 1.82) is 0 Å². The van der Waals surface area contributed by atoms with Gasteiger partial charge in [-0.15, -0.1) is 0 Å². The van der Waals surface area contributed by atoms with Gasteiger partial charge in [-0.25, -0.2) is 0 Å². The van der Waals surface area contributed by atoms with E-state index >= 15 is 0 Å². The van der Waals surface area contributed by atoms with Crippen LogP contribution in [-0.2, 0) is 28.6 Å². The zero-order chi connectivity index (χ0) is 18.4. The monoisotopic (exact) mass is 378 g/mol. The Balaban J connectivity index is 3.02. The van der Waals surface area contributed by atoms with E-state index < -0.39 is 30.0 Å². The van der Waals surface area contributed by atoms with E-state index in [4.69, 9.17) is 8.37 Å². The molecule has 0 N–H and O–H groups in total. The molecule has 0 aliphatic heterocycles. The molecule has 0 spiro atoms. The molecule has 0 amide bonds. The second kappa shape index (κ2) is 8.94. The summed E-state index contributed by atoms with van der Waals surface area (Å²) < 4.78 is 59.2. The first-order valence-electron chi connectivity index (χ1n) is 7.94. The van der Waals surface area contributed by atoms with E-state index in [1.54, 1.807) is 0 Å². The van der Waals surface area contributed by atoms with Crippen molar-refractivity contribution < 1.29 is 25.2 Å². The molecule has 138 valence electrons. The van der Waals surface area contributed by atoms with Gasteiger partial charge < -0.3 is 0 Å². The Labute approximate surface area is 145 Å². The third-order valence-corrected chi connectivity index (χ3v) is 6.13. The normalized spacial score (nSPS) is 12.9. The van der Waals surface area contributed by atoms with E-state index in [9.17, 15) is 16.8 Å². The average Bonchev–Trinajstić information content (AvgIpc) is 2.46. The fourth-order valence-electron chi connectivity index (χ4n) is 1.78. The summed E-state index contributed by atoms with van der Waals surface area (Å²) in [7, 11) is -8.34. The predicted octanol–water partition coefficient (Wildman–Crippen LogP) is 3.19. The van der Waals surface area contributed by atoms with Gasteiger partial charge in [-0.1, -0.05) is 39.8 Å². The summed E-state index contributed by atoms with van der Waals surface area (Å²) in [4.78, 5) is -0.781. The van der Waals surface area contributed by atoms with Gasteiger partial charge in [0.2, 0.25) is 0 Å². The molecule has 6 nitrogen and oxygen atoms in total. The molecule has 0 atom stereocenters. The minimum atomic E-state index is -4.17. The molecule has 0 saturated heterocycles. The Hall–Kier alpha value is -0.960. The third-order valence-electron chi connectivity index (χ3n) is 3.26. The fourth-order valence-corrected chi connectivity index (χ4v) is 4.39. The highest BCUT2D eigenvalue weighted by Gasteiger charge is 2.27. The Bertz CT molecular complexity index is 658. The highest BCUT2D eigenvalue weighted by atomic mass is 32.2. The Morgan fingerprint density at radius 2 is 1.08 bits per heavy atom. The molecule has 0 aliphatic carbocycles. The number of benzene rings is 1. The molecular formula is C16H26O6S2. The highest BCUT2D eigenvalue weighted by molar-refractivity contribution is 7.90. The molecule has 0 fully saturated rings. The number of hydrogen-bond acceptors (Lipinski definition) is 6. The minimum Gasteiger partial charge on any atom is -0.266 e. The van der Waals surface area contributed by atoms with Crippen LogP contribution in [0.5, 0.6) is 0 Å². The van der Waals surface area contributed by atoms with Crippen molar-refractivity contribution in [2.45, 2.75) is 50.3 Å². The summed E-state index contributed by atoms with van der Waals surface area (Å²) in [5.74, 6) is 0.553. The first-order chi connectivity index (χ1) is 11.1. The van der Waals surface area contributed by atoms with E-state index in [0.29, 0.717) is 12.8 Å². The van der Waals surface area contributed by atoms with Gasteiger partial charge in [0, 0.05) is 0 Å². The van der Waals surface area contributed by atoms with E-state index in [1.165, 1.54) is 24.3 Å². The van der Waals surface area contributed by atoms with Gasteiger partial charge in [0.1, 0.15) is 9.79 Å². The van der Waals surface area contributed by atoms with Crippen LogP contribution in [0.1, 0.15) is 40.5 Å². The van der Waals surface area contributed by atoms with Gasteiger partial charge in [0.15, 0.2) is 0 Å². The molecule has 24 heavy (non-hydrogen) atoms. The van der Waals surface area contributed by atoms with Crippen LogP contribution in [0.2, 0.25) is 0 Å². The molecule has 0 saturated carbocycles. The molecule has 0 radical (unpaired) electrons. The van der Waals surface area contributed by atoms with Crippen LogP contribution in [0.4, 0.5) is 0 Å². The molecule has 0 unspecified atom stereocenters. The second-order valence-corrected chi connectivity index (χ2v) is 9.53. The van der Waals surface area contributed by atoms with Crippen molar-refractivity contribution in [3.63, 3.8) is 0 Å². The number of rotatable bonds is 10. The van der Waals surface area contributed by atoms with Crippen LogP contribution in [0.15, 0.2) is 34.1 Å². The minimum absolute atomic E-state index is 0.00257. The molecule has 0 heterocycles. The maximum Gasteiger partial charge on any atom is 0.298 e.